The Morgan fingerprint density at radius 3 is 2.59 bits per heavy atom. The maximum Gasteiger partial charge on any atom is 0.264 e. The Bertz CT molecular complexity index is 633. The van der Waals surface area contributed by atoms with Gasteiger partial charge in [-0.1, -0.05) is 0 Å². The highest BCUT2D eigenvalue weighted by molar-refractivity contribution is 6.33. The van der Waals surface area contributed by atoms with Crippen LogP contribution in [0.4, 0.5) is 0 Å². The van der Waals surface area contributed by atoms with E-state index < -0.39 is 29.7 Å². The van der Waals surface area contributed by atoms with E-state index in [9.17, 15) is 19.2 Å². The Morgan fingerprint density at radius 2 is 2.00 bits per heavy atom. The monoisotopic (exact) mass is 304 g/mol. The molecule has 0 spiro atoms. The molecular formula is C14H16N4O4. The van der Waals surface area contributed by atoms with Crippen molar-refractivity contribution in [3.63, 3.8) is 0 Å². The lowest BCUT2D eigenvalue weighted by atomic mass is 9.96. The molecule has 2 aliphatic rings. The van der Waals surface area contributed by atoms with E-state index in [2.05, 4.69) is 15.3 Å². The minimum atomic E-state index is -0.967. The number of aliphatic imine (C=N–C) groups is 2. The van der Waals surface area contributed by atoms with Crippen LogP contribution >= 0.6 is 0 Å². The van der Waals surface area contributed by atoms with E-state index in [0.717, 1.165) is 4.90 Å². The number of carbonyl (C=O) groups excluding carboxylic acids is 4. The van der Waals surface area contributed by atoms with Crippen LogP contribution in [0.5, 0.6) is 0 Å². The summed E-state index contributed by atoms with van der Waals surface area (Å²) < 4.78 is 0. The van der Waals surface area contributed by atoms with Crippen LogP contribution in [0, 0.1) is 0 Å². The van der Waals surface area contributed by atoms with Gasteiger partial charge in [-0.25, -0.2) is 0 Å². The van der Waals surface area contributed by atoms with Gasteiger partial charge in [-0.15, -0.1) is 0 Å². The second-order valence-electron chi connectivity index (χ2n) is 4.83. The Kier molecular flexibility index (Phi) is 4.59. The quantitative estimate of drug-likeness (QED) is 0.425. The number of nitrogens with zero attached hydrogens (tertiary/aromatic N) is 3. The van der Waals surface area contributed by atoms with Gasteiger partial charge in [0.05, 0.1) is 17.7 Å². The molecule has 22 heavy (non-hydrogen) atoms. The highest BCUT2D eigenvalue weighted by atomic mass is 16.2. The fourth-order valence-corrected chi connectivity index (χ4v) is 2.41. The summed E-state index contributed by atoms with van der Waals surface area (Å²) in [5, 5.41) is 2.15. The topological polar surface area (TPSA) is 108 Å². The number of piperidine rings is 2. The van der Waals surface area contributed by atoms with Gasteiger partial charge >= 0.3 is 0 Å². The van der Waals surface area contributed by atoms with Gasteiger partial charge in [0, 0.05) is 25.9 Å². The van der Waals surface area contributed by atoms with E-state index in [0.29, 0.717) is 5.71 Å². The lowest BCUT2D eigenvalue weighted by Crippen LogP contribution is -2.58. The second-order valence-corrected chi connectivity index (χ2v) is 4.83. The maximum absolute atomic E-state index is 12.6. The number of hydrogen-bond acceptors (Lipinski definition) is 6. The molecule has 8 nitrogen and oxygen atoms in total. The molecule has 0 aromatic carbocycles. The standard InChI is InChI=1S/C14H16N4O4/c1-3-16-7-8-9(15-2)6-12(20)18(14(8)22)10-4-5-11(19)17-13(10)21/h3,7,10H,4-6H2,1-2H3,(H,17,19,21)/b8-7+,15-9-,16-3+. The van der Waals surface area contributed by atoms with Crippen molar-refractivity contribution >= 4 is 35.6 Å². The van der Waals surface area contributed by atoms with Gasteiger partial charge in [0.15, 0.2) is 0 Å². The summed E-state index contributed by atoms with van der Waals surface area (Å²) in [5.41, 5.74) is 0.522. The number of carbonyl (C=O) groups is 4. The number of imide groups is 2. The molecule has 0 aromatic rings. The molecule has 2 heterocycles. The van der Waals surface area contributed by atoms with Crippen molar-refractivity contribution in [2.75, 3.05) is 7.05 Å². The Labute approximate surface area is 127 Å². The normalized spacial score (nSPS) is 27.2. The van der Waals surface area contributed by atoms with E-state index >= 15 is 0 Å². The summed E-state index contributed by atoms with van der Waals surface area (Å²) >= 11 is 0. The van der Waals surface area contributed by atoms with Crippen LogP contribution in [0.3, 0.4) is 0 Å². The predicted octanol–water partition coefficient (Wildman–Crippen LogP) is -0.404. The van der Waals surface area contributed by atoms with Crippen LogP contribution < -0.4 is 5.32 Å². The molecule has 0 saturated carbocycles. The van der Waals surface area contributed by atoms with Crippen molar-refractivity contribution in [3.8, 4) is 0 Å². The van der Waals surface area contributed by atoms with E-state index in [-0.39, 0.29) is 24.8 Å². The second kappa shape index (κ2) is 6.42. The van der Waals surface area contributed by atoms with Crippen molar-refractivity contribution in [1.29, 1.82) is 0 Å². The zero-order valence-electron chi connectivity index (χ0n) is 12.3. The third kappa shape index (κ3) is 2.85. The third-order valence-electron chi connectivity index (χ3n) is 3.49. The number of nitrogens with one attached hydrogen (secondary N) is 1. The van der Waals surface area contributed by atoms with Crippen LogP contribution in [0.25, 0.3) is 0 Å². The summed E-state index contributed by atoms with van der Waals surface area (Å²) in [6.45, 7) is 1.69. The molecule has 0 bridgehead atoms. The summed E-state index contributed by atoms with van der Waals surface area (Å²) in [7, 11) is 1.49. The van der Waals surface area contributed by atoms with Crippen LogP contribution in [0.1, 0.15) is 26.2 Å². The van der Waals surface area contributed by atoms with E-state index in [1.54, 1.807) is 6.92 Å². The van der Waals surface area contributed by atoms with Crippen molar-refractivity contribution in [2.45, 2.75) is 32.2 Å². The summed E-state index contributed by atoms with van der Waals surface area (Å²) in [6.07, 6.45) is 2.97. The lowest BCUT2D eigenvalue weighted by molar-refractivity contribution is -0.153. The molecule has 0 radical (unpaired) electrons. The molecule has 8 heteroatoms. The molecule has 116 valence electrons. The molecule has 0 aromatic heterocycles. The van der Waals surface area contributed by atoms with Crippen LogP contribution in [-0.2, 0) is 19.2 Å². The highest BCUT2D eigenvalue weighted by Crippen LogP contribution is 2.23. The van der Waals surface area contributed by atoms with Gasteiger partial charge in [0.2, 0.25) is 17.7 Å². The van der Waals surface area contributed by atoms with Gasteiger partial charge in [0.1, 0.15) is 6.04 Å². The van der Waals surface area contributed by atoms with Crippen molar-refractivity contribution in [3.05, 3.63) is 11.8 Å². The first kappa shape index (κ1) is 15.7. The smallest absolute Gasteiger partial charge is 0.264 e. The molecule has 0 aliphatic carbocycles. The fraction of sp³-hybridized carbons (Fsp3) is 0.429. The first-order valence-corrected chi connectivity index (χ1v) is 6.83. The van der Waals surface area contributed by atoms with Crippen LogP contribution in [0.2, 0.25) is 0 Å². The lowest BCUT2D eigenvalue weighted by Gasteiger charge is -2.34. The molecule has 2 rings (SSSR count). The first-order chi connectivity index (χ1) is 10.5. The molecule has 1 unspecified atom stereocenters. The number of likely N-dealkylation sites (tertiary alicyclic amines) is 1. The average molecular weight is 304 g/mol. The zero-order valence-corrected chi connectivity index (χ0v) is 12.3. The Balaban J connectivity index is 2.36. The number of hydrogen-bond donors (Lipinski definition) is 1. The zero-order chi connectivity index (χ0) is 16.3. The minimum absolute atomic E-state index is 0.0783. The minimum Gasteiger partial charge on any atom is -0.295 e. The van der Waals surface area contributed by atoms with Gasteiger partial charge < -0.3 is 0 Å². The van der Waals surface area contributed by atoms with Crippen LogP contribution in [-0.4, -0.2) is 53.5 Å². The highest BCUT2D eigenvalue weighted by Gasteiger charge is 2.43. The third-order valence-corrected chi connectivity index (χ3v) is 3.49. The molecule has 1 atom stereocenters. The van der Waals surface area contributed by atoms with Gasteiger partial charge in [0.25, 0.3) is 5.91 Å². The maximum atomic E-state index is 12.6. The first-order valence-electron chi connectivity index (χ1n) is 6.83. The summed E-state index contributed by atoms with van der Waals surface area (Å²) in [5.74, 6) is -2.15. The van der Waals surface area contributed by atoms with Crippen molar-refractivity contribution in [1.82, 2.24) is 10.2 Å². The van der Waals surface area contributed by atoms with Gasteiger partial charge in [-0.2, -0.15) is 0 Å². The summed E-state index contributed by atoms with van der Waals surface area (Å²) in [6, 6.07) is -0.967. The molecule has 2 fully saturated rings. The average Bonchev–Trinajstić information content (AvgIpc) is 2.48. The molecule has 2 saturated heterocycles. The Hall–Kier alpha value is -2.64. The molecule has 1 N–H and O–H groups in total. The predicted molar refractivity (Wildman–Crippen MR) is 78.2 cm³/mol. The van der Waals surface area contributed by atoms with Crippen molar-refractivity contribution < 1.29 is 19.2 Å². The van der Waals surface area contributed by atoms with E-state index in [4.69, 9.17) is 0 Å². The molecule has 4 amide bonds. The van der Waals surface area contributed by atoms with Crippen LogP contribution in [0.15, 0.2) is 21.8 Å². The van der Waals surface area contributed by atoms with E-state index in [1.165, 1.54) is 19.5 Å². The van der Waals surface area contributed by atoms with Gasteiger partial charge in [-0.3, -0.25) is 39.4 Å². The molecule has 2 aliphatic heterocycles. The van der Waals surface area contributed by atoms with Gasteiger partial charge in [-0.05, 0) is 13.3 Å². The number of rotatable bonds is 2. The number of amides is 4. The van der Waals surface area contributed by atoms with Crippen molar-refractivity contribution in [2.24, 2.45) is 9.98 Å². The largest absolute Gasteiger partial charge is 0.295 e. The fourth-order valence-electron chi connectivity index (χ4n) is 2.41. The summed E-state index contributed by atoms with van der Waals surface area (Å²) in [4.78, 5) is 56.6. The SMILES string of the molecule is C/C=N/C=C1/C(=O)N(C2CCC(=O)NC2=O)C(=O)C/C1=N/C. The molecular weight excluding hydrogens is 288 g/mol. The Morgan fingerprint density at radius 1 is 1.27 bits per heavy atom. The van der Waals surface area contributed by atoms with E-state index in [1.807, 2.05) is 0 Å².